The number of hydrazone groups is 1. The quantitative estimate of drug-likeness (QED) is 0.363. The van der Waals surface area contributed by atoms with Gasteiger partial charge in [0.25, 0.3) is 0 Å². The summed E-state index contributed by atoms with van der Waals surface area (Å²) in [6, 6.07) is 12.4. The Kier molecular flexibility index (Phi) is 6.14. The van der Waals surface area contributed by atoms with E-state index in [1.165, 1.54) is 21.1 Å². The van der Waals surface area contributed by atoms with Gasteiger partial charge in [0.2, 0.25) is 5.13 Å². The molecule has 0 bridgehead atoms. The Bertz CT molecular complexity index is 915. The number of thiazole rings is 1. The third-order valence-electron chi connectivity index (χ3n) is 3.51. The predicted molar refractivity (Wildman–Crippen MR) is 108 cm³/mol. The van der Waals surface area contributed by atoms with E-state index in [0.29, 0.717) is 17.4 Å². The molecule has 0 radical (unpaired) electrons. The Balaban J connectivity index is 1.66. The number of carbonyl (C=O) groups excluding carboxylic acids is 1. The normalized spacial score (nSPS) is 11.0. The van der Waals surface area contributed by atoms with Gasteiger partial charge in [0, 0.05) is 26.3 Å². The first-order chi connectivity index (χ1) is 12.7. The molecule has 7 heteroatoms. The van der Waals surface area contributed by atoms with Crippen molar-refractivity contribution in [1.29, 1.82) is 0 Å². The van der Waals surface area contributed by atoms with Crippen molar-refractivity contribution in [2.45, 2.75) is 20.3 Å². The molecular weight excluding hydrogens is 366 g/mol. The number of esters is 1. The fraction of sp³-hybridized carbons (Fsp3) is 0.211. The van der Waals surface area contributed by atoms with Gasteiger partial charge in [-0.15, -0.1) is 22.7 Å². The van der Waals surface area contributed by atoms with Gasteiger partial charge in [-0.1, -0.05) is 24.3 Å². The standard InChI is InChI=1S/C19H19N3O2S2/c1-3-24-18(23)10-15-12-25-19(21-15)22-20-11-14-6-4-5-7-16(14)17-9-8-13(2)26-17/h4-9,11-12H,3,10H2,1-2H3,(H,21,22). The largest absolute Gasteiger partial charge is 0.466 e. The second-order valence-corrected chi connectivity index (χ2v) is 7.64. The Labute approximate surface area is 160 Å². The molecule has 3 rings (SSSR count). The van der Waals surface area contributed by atoms with Gasteiger partial charge in [-0.2, -0.15) is 5.10 Å². The van der Waals surface area contributed by atoms with Crippen LogP contribution in [0.2, 0.25) is 0 Å². The Morgan fingerprint density at radius 1 is 1.31 bits per heavy atom. The molecule has 0 amide bonds. The summed E-state index contributed by atoms with van der Waals surface area (Å²) in [6.07, 6.45) is 1.97. The van der Waals surface area contributed by atoms with Gasteiger partial charge >= 0.3 is 5.97 Å². The molecule has 0 aliphatic rings. The van der Waals surface area contributed by atoms with Crippen molar-refractivity contribution >= 4 is 40.0 Å². The van der Waals surface area contributed by atoms with Crippen LogP contribution in [-0.2, 0) is 16.0 Å². The minimum atomic E-state index is -0.270. The van der Waals surface area contributed by atoms with Crippen molar-refractivity contribution in [1.82, 2.24) is 4.98 Å². The number of anilines is 1. The molecule has 0 atom stereocenters. The van der Waals surface area contributed by atoms with E-state index in [1.54, 1.807) is 24.5 Å². The van der Waals surface area contributed by atoms with E-state index in [9.17, 15) is 4.79 Å². The first kappa shape index (κ1) is 18.3. The fourth-order valence-corrected chi connectivity index (χ4v) is 3.94. The van der Waals surface area contributed by atoms with E-state index in [1.807, 2.05) is 23.6 Å². The summed E-state index contributed by atoms with van der Waals surface area (Å²) in [5.41, 5.74) is 5.80. The monoisotopic (exact) mass is 385 g/mol. The van der Waals surface area contributed by atoms with Crippen LogP contribution < -0.4 is 5.43 Å². The van der Waals surface area contributed by atoms with Gasteiger partial charge in [-0.05, 0) is 26.0 Å². The van der Waals surface area contributed by atoms with Crippen LogP contribution in [0.4, 0.5) is 5.13 Å². The highest BCUT2D eigenvalue weighted by Gasteiger charge is 2.08. The van der Waals surface area contributed by atoms with E-state index < -0.39 is 0 Å². The number of hydrogen-bond donors (Lipinski definition) is 1. The minimum Gasteiger partial charge on any atom is -0.466 e. The first-order valence-corrected chi connectivity index (χ1v) is 9.90. The molecule has 1 aromatic carbocycles. The van der Waals surface area contributed by atoms with Gasteiger partial charge in [-0.3, -0.25) is 10.2 Å². The highest BCUT2D eigenvalue weighted by atomic mass is 32.1. The molecule has 134 valence electrons. The number of thiophene rings is 1. The van der Waals surface area contributed by atoms with Crippen LogP contribution in [0.25, 0.3) is 10.4 Å². The maximum atomic E-state index is 11.5. The molecule has 0 saturated carbocycles. The van der Waals surface area contributed by atoms with Crippen LogP contribution in [0.5, 0.6) is 0 Å². The number of ether oxygens (including phenoxy) is 1. The molecule has 1 N–H and O–H groups in total. The van der Waals surface area contributed by atoms with E-state index in [-0.39, 0.29) is 12.4 Å². The zero-order valence-electron chi connectivity index (χ0n) is 14.6. The molecule has 0 saturated heterocycles. The van der Waals surface area contributed by atoms with Crippen LogP contribution in [0, 0.1) is 6.92 Å². The van der Waals surface area contributed by atoms with Gasteiger partial charge in [0.1, 0.15) is 0 Å². The van der Waals surface area contributed by atoms with Gasteiger partial charge < -0.3 is 4.74 Å². The van der Waals surface area contributed by atoms with Gasteiger partial charge in [0.15, 0.2) is 0 Å². The molecule has 26 heavy (non-hydrogen) atoms. The maximum Gasteiger partial charge on any atom is 0.311 e. The molecule has 0 fully saturated rings. The number of aryl methyl sites for hydroxylation is 1. The zero-order chi connectivity index (χ0) is 18.4. The lowest BCUT2D eigenvalue weighted by atomic mass is 10.1. The van der Waals surface area contributed by atoms with Crippen molar-refractivity contribution in [2.24, 2.45) is 5.10 Å². The Hall–Kier alpha value is -2.51. The second kappa shape index (κ2) is 8.73. The molecule has 0 aliphatic carbocycles. The average Bonchev–Trinajstić information content (AvgIpc) is 3.25. The molecular formula is C19H19N3O2S2. The van der Waals surface area contributed by atoms with E-state index in [2.05, 4.69) is 40.6 Å². The third-order valence-corrected chi connectivity index (χ3v) is 5.34. The maximum absolute atomic E-state index is 11.5. The number of nitrogens with zero attached hydrogens (tertiary/aromatic N) is 2. The first-order valence-electron chi connectivity index (χ1n) is 8.20. The lowest BCUT2D eigenvalue weighted by Gasteiger charge is -2.02. The molecule has 0 aliphatic heterocycles. The molecule has 2 aromatic heterocycles. The highest BCUT2D eigenvalue weighted by Crippen LogP contribution is 2.29. The predicted octanol–water partition coefficient (Wildman–Crippen LogP) is 4.73. The number of rotatable bonds is 7. The van der Waals surface area contributed by atoms with Crippen LogP contribution in [0.15, 0.2) is 46.9 Å². The second-order valence-electron chi connectivity index (χ2n) is 5.49. The number of aromatic nitrogens is 1. The SMILES string of the molecule is CCOC(=O)Cc1csc(NN=Cc2ccccc2-c2ccc(C)s2)n1. The Morgan fingerprint density at radius 3 is 2.92 bits per heavy atom. The van der Waals surface area contributed by atoms with Crippen molar-refractivity contribution in [3.05, 3.63) is 57.9 Å². The Morgan fingerprint density at radius 2 is 2.15 bits per heavy atom. The van der Waals surface area contributed by atoms with Crippen LogP contribution in [0.3, 0.4) is 0 Å². The summed E-state index contributed by atoms with van der Waals surface area (Å²) in [5.74, 6) is -0.270. The number of nitrogens with one attached hydrogen (secondary N) is 1. The fourth-order valence-electron chi connectivity index (χ4n) is 2.37. The number of benzene rings is 1. The summed E-state index contributed by atoms with van der Waals surface area (Å²) in [6.45, 7) is 4.26. The van der Waals surface area contributed by atoms with Crippen LogP contribution >= 0.6 is 22.7 Å². The lowest BCUT2D eigenvalue weighted by Crippen LogP contribution is -2.07. The minimum absolute atomic E-state index is 0.177. The molecule has 2 heterocycles. The van der Waals surface area contributed by atoms with E-state index in [4.69, 9.17) is 4.74 Å². The van der Waals surface area contributed by atoms with E-state index >= 15 is 0 Å². The summed E-state index contributed by atoms with van der Waals surface area (Å²) in [4.78, 5) is 18.3. The summed E-state index contributed by atoms with van der Waals surface area (Å²) in [7, 11) is 0. The topological polar surface area (TPSA) is 63.6 Å². The highest BCUT2D eigenvalue weighted by molar-refractivity contribution is 7.15. The van der Waals surface area contributed by atoms with Crippen molar-refractivity contribution < 1.29 is 9.53 Å². The molecule has 5 nitrogen and oxygen atoms in total. The molecule has 0 spiro atoms. The molecule has 0 unspecified atom stereocenters. The van der Waals surface area contributed by atoms with Crippen molar-refractivity contribution in [3.8, 4) is 10.4 Å². The molecule has 3 aromatic rings. The van der Waals surface area contributed by atoms with Crippen LogP contribution in [-0.4, -0.2) is 23.8 Å². The summed E-state index contributed by atoms with van der Waals surface area (Å²) >= 11 is 3.17. The number of hydrogen-bond acceptors (Lipinski definition) is 7. The average molecular weight is 386 g/mol. The smallest absolute Gasteiger partial charge is 0.311 e. The van der Waals surface area contributed by atoms with Crippen LogP contribution in [0.1, 0.15) is 23.1 Å². The van der Waals surface area contributed by atoms with Crippen molar-refractivity contribution in [3.63, 3.8) is 0 Å². The third kappa shape index (κ3) is 4.77. The van der Waals surface area contributed by atoms with Gasteiger partial charge in [-0.25, -0.2) is 4.98 Å². The summed E-state index contributed by atoms with van der Waals surface area (Å²) in [5, 5.41) is 6.77. The zero-order valence-corrected chi connectivity index (χ0v) is 16.2. The van der Waals surface area contributed by atoms with E-state index in [0.717, 1.165) is 11.1 Å². The van der Waals surface area contributed by atoms with Gasteiger partial charge in [0.05, 0.1) is 24.9 Å². The van der Waals surface area contributed by atoms with Crippen molar-refractivity contribution in [2.75, 3.05) is 12.0 Å². The lowest BCUT2D eigenvalue weighted by molar-refractivity contribution is -0.142. The number of carbonyl (C=O) groups is 1. The summed E-state index contributed by atoms with van der Waals surface area (Å²) < 4.78 is 4.93.